The average molecular weight is 746 g/mol. The first-order valence-corrected chi connectivity index (χ1v) is 27.8. The van der Waals surface area contributed by atoms with Crippen LogP contribution in [-0.2, 0) is 27.5 Å². The van der Waals surface area contributed by atoms with Gasteiger partial charge < -0.3 is 27.7 Å². The number of amides is 1. The highest BCUT2D eigenvalue weighted by Gasteiger charge is 2.52. The van der Waals surface area contributed by atoms with Gasteiger partial charge in [0.2, 0.25) is 5.91 Å². The Balaban J connectivity index is 4.05. The molecule has 1 heterocycles. The minimum Gasteiger partial charge on any atom is -0.413 e. The van der Waals surface area contributed by atoms with Gasteiger partial charge in [-0.3, -0.25) is 4.79 Å². The van der Waals surface area contributed by atoms with Crippen LogP contribution in [0.4, 0.5) is 0 Å². The lowest BCUT2D eigenvalue weighted by atomic mass is 9.77. The largest absolute Gasteiger partial charge is 0.413 e. The highest BCUT2D eigenvalue weighted by atomic mass is 28.4. The van der Waals surface area contributed by atoms with Crippen LogP contribution in [0, 0.1) is 29.6 Å². The minimum absolute atomic E-state index is 0.00466. The van der Waals surface area contributed by atoms with Gasteiger partial charge in [-0.2, -0.15) is 0 Å². The van der Waals surface area contributed by atoms with Gasteiger partial charge in [-0.25, -0.2) is 0 Å². The first-order valence-electron chi connectivity index (χ1n) is 19.1. The molecule has 9 atom stereocenters. The summed E-state index contributed by atoms with van der Waals surface area (Å²) in [4.78, 5) is 15.5. The Kier molecular flexibility index (Phi) is 15.4. The SMILES string of the molecule is C[C@@H]([C@H](O[Si](C)(C)C(C)(C)C)[C@H](C)[C@@H](O[Si](C)(C)C(C)(C)C)[C@@H](C)C(=O)N(C)C)[C@H](O[Si](C)(C)C(C)(C)C)[C@H](C)[C@@H]1OC(C)(C)OC[C@H]1C. The van der Waals surface area contributed by atoms with Crippen LogP contribution in [0.5, 0.6) is 0 Å². The summed E-state index contributed by atoms with van der Waals surface area (Å²) >= 11 is 0. The Labute approximate surface area is 308 Å². The summed E-state index contributed by atoms with van der Waals surface area (Å²) in [5.74, 6) is -0.727. The predicted octanol–water partition coefficient (Wildman–Crippen LogP) is 10.6. The number of hydrogen-bond donors (Lipinski definition) is 0. The van der Waals surface area contributed by atoms with Crippen molar-refractivity contribution in [3.8, 4) is 0 Å². The Morgan fingerprint density at radius 2 is 1.04 bits per heavy atom. The predicted molar refractivity (Wildman–Crippen MR) is 216 cm³/mol. The van der Waals surface area contributed by atoms with Crippen molar-refractivity contribution < 1.29 is 27.5 Å². The lowest BCUT2D eigenvalue weighted by molar-refractivity contribution is -0.304. The molecule has 1 aliphatic heterocycles. The molecule has 1 rings (SSSR count). The van der Waals surface area contributed by atoms with Gasteiger partial charge in [0, 0.05) is 37.8 Å². The standard InChI is InChI=1S/C39H83NO6Si3/c1-26-25-42-39(15,16)43-31(26)27(2)32(44-47(19,20)36(6,7)8)28(3)33(45-48(21,22)37(9,10)11)29(4)34(30(5)35(41)40(17)18)46-49(23,24)38(12,13)14/h26-34H,25H2,1-24H3/t26-,27-,28-,29+,30-,31-,32-,33+,34-/m1/s1. The Morgan fingerprint density at radius 3 is 1.41 bits per heavy atom. The molecule has 0 N–H and O–H groups in total. The minimum atomic E-state index is -2.31. The van der Waals surface area contributed by atoms with Gasteiger partial charge in [0.1, 0.15) is 0 Å². The third-order valence-electron chi connectivity index (χ3n) is 12.8. The van der Waals surface area contributed by atoms with Crippen molar-refractivity contribution in [1.82, 2.24) is 4.90 Å². The molecule has 0 bridgehead atoms. The van der Waals surface area contributed by atoms with Crippen LogP contribution in [0.1, 0.15) is 111 Å². The van der Waals surface area contributed by atoms with Crippen molar-refractivity contribution in [2.75, 3.05) is 20.7 Å². The Morgan fingerprint density at radius 1 is 0.694 bits per heavy atom. The molecule has 0 aliphatic carbocycles. The maximum Gasteiger partial charge on any atom is 0.227 e. The van der Waals surface area contributed by atoms with Gasteiger partial charge in [0.05, 0.1) is 36.9 Å². The van der Waals surface area contributed by atoms with E-state index in [1.54, 1.807) is 4.90 Å². The summed E-state index contributed by atoms with van der Waals surface area (Å²) in [5.41, 5.74) is 0. The van der Waals surface area contributed by atoms with Crippen LogP contribution in [0.25, 0.3) is 0 Å². The molecule has 1 amide bonds. The molecule has 1 fully saturated rings. The van der Waals surface area contributed by atoms with Crippen LogP contribution >= 0.6 is 0 Å². The number of ether oxygens (including phenoxy) is 2. The van der Waals surface area contributed by atoms with E-state index in [9.17, 15) is 4.79 Å². The zero-order valence-corrected chi connectivity index (χ0v) is 39.8. The first-order chi connectivity index (χ1) is 21.5. The van der Waals surface area contributed by atoms with Gasteiger partial charge in [0.25, 0.3) is 0 Å². The molecule has 7 nitrogen and oxygen atoms in total. The average Bonchev–Trinajstić information content (AvgIpc) is 2.90. The van der Waals surface area contributed by atoms with Gasteiger partial charge in [-0.1, -0.05) is 96.9 Å². The normalized spacial score (nSPS) is 24.4. The molecule has 10 heteroatoms. The quantitative estimate of drug-likeness (QED) is 0.165. The van der Waals surface area contributed by atoms with Gasteiger partial charge in [-0.05, 0) is 68.2 Å². The van der Waals surface area contributed by atoms with Crippen molar-refractivity contribution in [2.24, 2.45) is 29.6 Å². The summed E-state index contributed by atoms with van der Waals surface area (Å²) in [7, 11) is -3.15. The molecule has 0 unspecified atom stereocenters. The second kappa shape index (κ2) is 16.1. The van der Waals surface area contributed by atoms with E-state index in [0.29, 0.717) is 6.61 Å². The Bertz CT molecular complexity index is 1070. The number of carbonyl (C=O) groups excluding carboxylic acids is 1. The van der Waals surface area contributed by atoms with Crippen molar-refractivity contribution >= 4 is 30.9 Å². The molecule has 0 aromatic carbocycles. The highest BCUT2D eigenvalue weighted by Crippen LogP contribution is 2.47. The zero-order valence-electron chi connectivity index (χ0n) is 36.8. The molecule has 1 aliphatic rings. The van der Waals surface area contributed by atoms with Crippen molar-refractivity contribution in [1.29, 1.82) is 0 Å². The van der Waals surface area contributed by atoms with E-state index < -0.39 is 30.7 Å². The van der Waals surface area contributed by atoms with Crippen LogP contribution in [-0.4, -0.2) is 86.7 Å². The van der Waals surface area contributed by atoms with Gasteiger partial charge >= 0.3 is 0 Å². The van der Waals surface area contributed by atoms with E-state index in [4.69, 9.17) is 22.8 Å². The van der Waals surface area contributed by atoms with Crippen molar-refractivity contribution in [3.63, 3.8) is 0 Å². The van der Waals surface area contributed by atoms with Crippen molar-refractivity contribution in [3.05, 3.63) is 0 Å². The fourth-order valence-corrected chi connectivity index (χ4v) is 10.6. The Hall–Kier alpha value is -0.0794. The summed E-state index contributed by atoms with van der Waals surface area (Å²) in [6, 6.07) is 0. The van der Waals surface area contributed by atoms with Crippen molar-refractivity contribution in [2.45, 2.75) is 195 Å². The summed E-state index contributed by atoms with van der Waals surface area (Å²) in [5, 5.41) is 0.00250. The van der Waals surface area contributed by atoms with E-state index in [0.717, 1.165) is 0 Å². The summed E-state index contributed by atoms with van der Waals surface area (Å²) in [6.45, 7) is 50.5. The molecule has 0 aromatic rings. The molecular weight excluding hydrogens is 663 g/mol. The van der Waals surface area contributed by atoms with Crippen LogP contribution in [0.2, 0.25) is 54.4 Å². The summed E-state index contributed by atoms with van der Waals surface area (Å²) < 4.78 is 35.3. The van der Waals surface area contributed by atoms with Crippen LogP contribution in [0.3, 0.4) is 0 Å². The number of nitrogens with zero attached hydrogens (tertiary/aromatic N) is 1. The summed E-state index contributed by atoms with van der Waals surface area (Å²) in [6.07, 6.45) is -0.728. The number of carbonyl (C=O) groups is 1. The lowest BCUT2D eigenvalue weighted by Gasteiger charge is -2.52. The molecule has 0 radical (unpaired) electrons. The van der Waals surface area contributed by atoms with E-state index in [2.05, 4.69) is 136 Å². The maximum absolute atomic E-state index is 13.8. The van der Waals surface area contributed by atoms with E-state index in [-0.39, 0.29) is 75.0 Å². The zero-order chi connectivity index (χ0) is 39.1. The van der Waals surface area contributed by atoms with Gasteiger partial charge in [0.15, 0.2) is 30.7 Å². The smallest absolute Gasteiger partial charge is 0.227 e. The third kappa shape index (κ3) is 11.7. The second-order valence-electron chi connectivity index (χ2n) is 20.9. The fraction of sp³-hybridized carbons (Fsp3) is 0.974. The second-order valence-corrected chi connectivity index (χ2v) is 35.2. The molecule has 0 spiro atoms. The van der Waals surface area contributed by atoms with E-state index in [1.807, 2.05) is 27.9 Å². The van der Waals surface area contributed by atoms with Crippen LogP contribution in [0.15, 0.2) is 0 Å². The fourth-order valence-electron chi connectivity index (χ4n) is 6.24. The number of hydrogen-bond acceptors (Lipinski definition) is 6. The topological polar surface area (TPSA) is 66.5 Å². The monoisotopic (exact) mass is 746 g/mol. The molecule has 0 saturated carbocycles. The molecule has 0 aromatic heterocycles. The van der Waals surface area contributed by atoms with E-state index in [1.165, 1.54) is 0 Å². The highest BCUT2D eigenvalue weighted by molar-refractivity contribution is 6.75. The first kappa shape index (κ1) is 46.9. The number of rotatable bonds is 14. The lowest BCUT2D eigenvalue weighted by Crippen LogP contribution is -2.59. The van der Waals surface area contributed by atoms with Gasteiger partial charge in [-0.15, -0.1) is 0 Å². The molecule has 1 saturated heterocycles. The maximum atomic E-state index is 13.8. The molecular formula is C39H83NO6Si3. The molecule has 292 valence electrons. The molecule has 49 heavy (non-hydrogen) atoms. The van der Waals surface area contributed by atoms with E-state index >= 15 is 0 Å². The van der Waals surface area contributed by atoms with Crippen LogP contribution < -0.4 is 0 Å². The third-order valence-corrected chi connectivity index (χ3v) is 26.2.